The van der Waals surface area contributed by atoms with Crippen molar-refractivity contribution in [1.82, 2.24) is 9.97 Å². The van der Waals surface area contributed by atoms with Crippen molar-refractivity contribution < 1.29 is 14.3 Å². The van der Waals surface area contributed by atoms with Crippen LogP contribution in [0.1, 0.15) is 6.92 Å². The van der Waals surface area contributed by atoms with Gasteiger partial charge in [-0.1, -0.05) is 6.07 Å². The van der Waals surface area contributed by atoms with E-state index in [1.807, 2.05) is 36.4 Å². The molecule has 0 spiro atoms. The summed E-state index contributed by atoms with van der Waals surface area (Å²) < 4.78 is 10.6. The highest BCUT2D eigenvalue weighted by atomic mass is 16.5. The minimum absolute atomic E-state index is 0.126. The molecule has 3 aromatic rings. The molecule has 8 heteroatoms. The van der Waals surface area contributed by atoms with Gasteiger partial charge in [-0.05, 0) is 30.3 Å². The van der Waals surface area contributed by atoms with Crippen LogP contribution in [0.5, 0.6) is 11.5 Å². The third kappa shape index (κ3) is 4.88. The van der Waals surface area contributed by atoms with Gasteiger partial charge in [0.1, 0.15) is 29.5 Å². The first-order chi connectivity index (χ1) is 13.6. The maximum Gasteiger partial charge on any atom is 0.221 e. The Morgan fingerprint density at radius 1 is 0.893 bits per heavy atom. The van der Waals surface area contributed by atoms with E-state index in [2.05, 4.69) is 25.9 Å². The van der Waals surface area contributed by atoms with Crippen molar-refractivity contribution in [3.63, 3.8) is 0 Å². The second-order valence-corrected chi connectivity index (χ2v) is 5.87. The molecule has 28 heavy (non-hydrogen) atoms. The van der Waals surface area contributed by atoms with Gasteiger partial charge in [0.25, 0.3) is 0 Å². The molecular weight excluding hydrogens is 358 g/mol. The first-order valence-electron chi connectivity index (χ1n) is 8.53. The van der Waals surface area contributed by atoms with Crippen molar-refractivity contribution in [2.45, 2.75) is 6.92 Å². The summed E-state index contributed by atoms with van der Waals surface area (Å²) in [7, 11) is 3.19. The van der Waals surface area contributed by atoms with Crippen LogP contribution in [-0.2, 0) is 4.79 Å². The van der Waals surface area contributed by atoms with Gasteiger partial charge in [0.2, 0.25) is 5.91 Å². The van der Waals surface area contributed by atoms with Crippen molar-refractivity contribution in [1.29, 1.82) is 0 Å². The number of amides is 1. The zero-order valence-corrected chi connectivity index (χ0v) is 15.8. The van der Waals surface area contributed by atoms with Crippen molar-refractivity contribution in [3.05, 3.63) is 54.9 Å². The highest BCUT2D eigenvalue weighted by molar-refractivity contribution is 5.89. The summed E-state index contributed by atoms with van der Waals surface area (Å²) >= 11 is 0. The van der Waals surface area contributed by atoms with Gasteiger partial charge in [0.05, 0.1) is 19.9 Å². The molecular formula is C20H21N5O3. The first kappa shape index (κ1) is 19.0. The third-order valence-corrected chi connectivity index (χ3v) is 3.79. The second-order valence-electron chi connectivity index (χ2n) is 5.87. The third-order valence-electron chi connectivity index (χ3n) is 3.79. The average Bonchev–Trinajstić information content (AvgIpc) is 2.68. The van der Waals surface area contributed by atoms with Crippen molar-refractivity contribution in [3.8, 4) is 11.5 Å². The Bertz CT molecular complexity index is 978. The molecule has 8 nitrogen and oxygen atoms in total. The number of methoxy groups -OCH3 is 2. The van der Waals surface area contributed by atoms with E-state index in [-0.39, 0.29) is 5.91 Å². The van der Waals surface area contributed by atoms with Crippen LogP contribution in [0.2, 0.25) is 0 Å². The number of ether oxygens (including phenoxy) is 2. The summed E-state index contributed by atoms with van der Waals surface area (Å²) in [4.78, 5) is 19.7. The molecule has 1 amide bonds. The van der Waals surface area contributed by atoms with E-state index < -0.39 is 0 Å². The van der Waals surface area contributed by atoms with Crippen LogP contribution in [-0.4, -0.2) is 30.1 Å². The molecule has 0 fully saturated rings. The lowest BCUT2D eigenvalue weighted by atomic mass is 10.2. The lowest BCUT2D eigenvalue weighted by Gasteiger charge is -2.13. The zero-order valence-electron chi connectivity index (χ0n) is 15.8. The number of hydrogen-bond donors (Lipinski definition) is 3. The molecule has 0 unspecified atom stereocenters. The van der Waals surface area contributed by atoms with E-state index in [1.165, 1.54) is 13.3 Å². The molecule has 0 saturated carbocycles. The molecule has 0 bridgehead atoms. The van der Waals surface area contributed by atoms with Gasteiger partial charge in [0.15, 0.2) is 0 Å². The molecule has 0 aliphatic rings. The smallest absolute Gasteiger partial charge is 0.221 e. The predicted molar refractivity (Wildman–Crippen MR) is 109 cm³/mol. The van der Waals surface area contributed by atoms with Gasteiger partial charge >= 0.3 is 0 Å². The number of benzene rings is 2. The molecule has 0 saturated heterocycles. The van der Waals surface area contributed by atoms with Gasteiger partial charge in [-0.3, -0.25) is 4.79 Å². The van der Waals surface area contributed by atoms with E-state index in [9.17, 15) is 4.79 Å². The average molecular weight is 379 g/mol. The van der Waals surface area contributed by atoms with Crippen molar-refractivity contribution >= 4 is 34.6 Å². The normalized spacial score (nSPS) is 10.1. The Morgan fingerprint density at radius 2 is 1.64 bits per heavy atom. The summed E-state index contributed by atoms with van der Waals surface area (Å²) in [5, 5.41) is 9.16. The number of carbonyl (C=O) groups excluding carboxylic acids is 1. The van der Waals surface area contributed by atoms with Crippen LogP contribution >= 0.6 is 0 Å². The van der Waals surface area contributed by atoms with Crippen LogP contribution in [0.4, 0.5) is 28.7 Å². The van der Waals surface area contributed by atoms with E-state index in [0.29, 0.717) is 28.8 Å². The molecule has 1 aromatic heterocycles. The molecule has 0 atom stereocenters. The number of aromatic nitrogens is 2. The van der Waals surface area contributed by atoms with E-state index in [0.717, 1.165) is 11.4 Å². The zero-order chi connectivity index (χ0) is 19.9. The first-order valence-corrected chi connectivity index (χ1v) is 8.53. The van der Waals surface area contributed by atoms with Gasteiger partial charge in [-0.25, -0.2) is 9.97 Å². The number of nitrogens with one attached hydrogen (secondary N) is 3. The fourth-order valence-electron chi connectivity index (χ4n) is 2.56. The highest BCUT2D eigenvalue weighted by Crippen LogP contribution is 2.31. The van der Waals surface area contributed by atoms with Crippen LogP contribution in [0, 0.1) is 0 Å². The fourth-order valence-corrected chi connectivity index (χ4v) is 2.56. The summed E-state index contributed by atoms with van der Waals surface area (Å²) in [5.74, 6) is 2.41. The summed E-state index contributed by atoms with van der Waals surface area (Å²) in [6.45, 7) is 1.47. The summed E-state index contributed by atoms with van der Waals surface area (Å²) in [5.41, 5.74) is 2.24. The van der Waals surface area contributed by atoms with Crippen LogP contribution in [0.3, 0.4) is 0 Å². The summed E-state index contributed by atoms with van der Waals surface area (Å²) in [6.07, 6.45) is 1.46. The Hall–Kier alpha value is -3.81. The van der Waals surface area contributed by atoms with Gasteiger partial charge in [0, 0.05) is 30.4 Å². The molecule has 0 aliphatic heterocycles. The summed E-state index contributed by atoms with van der Waals surface area (Å²) in [6, 6.07) is 14.6. The minimum Gasteiger partial charge on any atom is -0.497 e. The predicted octanol–water partition coefficient (Wildman–Crippen LogP) is 3.94. The number of carbonyl (C=O) groups is 1. The topological polar surface area (TPSA) is 97.4 Å². The molecule has 1 heterocycles. The molecule has 3 rings (SSSR count). The highest BCUT2D eigenvalue weighted by Gasteiger charge is 2.07. The van der Waals surface area contributed by atoms with E-state index in [4.69, 9.17) is 9.47 Å². The van der Waals surface area contributed by atoms with E-state index in [1.54, 1.807) is 26.4 Å². The van der Waals surface area contributed by atoms with E-state index >= 15 is 0 Å². The SMILES string of the molecule is COc1ccc(Nc2cc(Nc3cccc(NC(C)=O)c3)ncn2)c(OC)c1. The molecule has 3 N–H and O–H groups in total. The van der Waals surface area contributed by atoms with Gasteiger partial charge in [-0.15, -0.1) is 0 Å². The molecule has 0 radical (unpaired) electrons. The van der Waals surface area contributed by atoms with Gasteiger partial charge in [-0.2, -0.15) is 0 Å². The Labute approximate surface area is 162 Å². The molecule has 144 valence electrons. The number of rotatable bonds is 7. The lowest BCUT2D eigenvalue weighted by Crippen LogP contribution is -2.06. The van der Waals surface area contributed by atoms with Crippen molar-refractivity contribution in [2.24, 2.45) is 0 Å². The lowest BCUT2D eigenvalue weighted by molar-refractivity contribution is -0.114. The molecule has 0 aliphatic carbocycles. The Kier molecular flexibility index (Phi) is 5.91. The maximum atomic E-state index is 11.2. The molecule has 2 aromatic carbocycles. The second kappa shape index (κ2) is 8.72. The standard InChI is InChI=1S/C20H21N5O3/c1-13(26)23-14-5-4-6-15(9-14)24-19-11-20(22-12-21-19)25-17-8-7-16(27-2)10-18(17)28-3/h4-12H,1-3H3,(H,23,26)(H2,21,22,24,25). The van der Waals surface area contributed by atoms with Gasteiger partial charge < -0.3 is 25.4 Å². The maximum absolute atomic E-state index is 11.2. The quantitative estimate of drug-likeness (QED) is 0.572. The fraction of sp³-hybridized carbons (Fsp3) is 0.150. The Morgan fingerprint density at radius 3 is 2.36 bits per heavy atom. The monoisotopic (exact) mass is 379 g/mol. The van der Waals surface area contributed by atoms with Crippen molar-refractivity contribution in [2.75, 3.05) is 30.2 Å². The van der Waals surface area contributed by atoms with Crippen LogP contribution in [0.25, 0.3) is 0 Å². The number of hydrogen-bond acceptors (Lipinski definition) is 7. The largest absolute Gasteiger partial charge is 0.497 e. The van der Waals surface area contributed by atoms with Crippen LogP contribution in [0.15, 0.2) is 54.9 Å². The number of anilines is 5. The number of nitrogens with zero attached hydrogens (tertiary/aromatic N) is 2. The Balaban J connectivity index is 1.77. The minimum atomic E-state index is -0.126. The van der Waals surface area contributed by atoms with Crippen LogP contribution < -0.4 is 25.4 Å².